The van der Waals surface area contributed by atoms with Crippen LogP contribution < -0.4 is 0 Å². The molecule has 0 amide bonds. The lowest BCUT2D eigenvalue weighted by Gasteiger charge is -1.99. The molecule has 1 nitrogen and oxygen atoms in total. The number of rotatable bonds is 7. The van der Waals surface area contributed by atoms with E-state index in [1.54, 1.807) is 0 Å². The molecule has 0 spiro atoms. The second kappa shape index (κ2) is 8.22. The third-order valence-corrected chi connectivity index (χ3v) is 2.47. The highest BCUT2D eigenvalue weighted by atomic mass is 16.1. The van der Waals surface area contributed by atoms with E-state index in [4.69, 9.17) is 0 Å². The van der Waals surface area contributed by atoms with E-state index >= 15 is 0 Å². The normalized spacial score (nSPS) is 12.7. The van der Waals surface area contributed by atoms with Crippen LogP contribution >= 0.6 is 0 Å². The van der Waals surface area contributed by atoms with Crippen LogP contribution in [-0.4, -0.2) is 6.29 Å². The van der Waals surface area contributed by atoms with Gasteiger partial charge in [-0.15, -0.1) is 0 Å². The van der Waals surface area contributed by atoms with Gasteiger partial charge in [-0.2, -0.15) is 0 Å². The van der Waals surface area contributed by atoms with Crippen molar-refractivity contribution in [2.24, 2.45) is 0 Å². The number of carbonyl (C=O) groups is 1. The fourth-order valence-electron chi connectivity index (χ4n) is 1.15. The van der Waals surface area contributed by atoms with Crippen LogP contribution in [0.15, 0.2) is 35.5 Å². The summed E-state index contributed by atoms with van der Waals surface area (Å²) < 4.78 is 0. The molecule has 0 aromatic heterocycles. The van der Waals surface area contributed by atoms with Gasteiger partial charge < -0.3 is 0 Å². The molecule has 0 aliphatic heterocycles. The van der Waals surface area contributed by atoms with Crippen molar-refractivity contribution in [2.75, 3.05) is 0 Å². The zero-order valence-corrected chi connectivity index (χ0v) is 10.2. The van der Waals surface area contributed by atoms with Gasteiger partial charge in [0.25, 0.3) is 0 Å². The smallest absolute Gasteiger partial charge is 0.145 e. The van der Waals surface area contributed by atoms with Gasteiger partial charge >= 0.3 is 0 Å². The fourth-order valence-corrected chi connectivity index (χ4v) is 1.15. The van der Waals surface area contributed by atoms with Crippen molar-refractivity contribution in [3.63, 3.8) is 0 Å². The SMILES string of the molecule is C=C(C=O)CC=C(C)CCC=C(C)CC. The quantitative estimate of drug-likeness (QED) is 0.346. The van der Waals surface area contributed by atoms with Crippen LogP contribution in [0.1, 0.15) is 46.5 Å². The average Bonchev–Trinajstić information content (AvgIpc) is 2.25. The molecule has 0 unspecified atom stereocenters. The molecule has 0 bridgehead atoms. The molecule has 0 aromatic rings. The van der Waals surface area contributed by atoms with E-state index in [0.29, 0.717) is 12.0 Å². The Hall–Kier alpha value is -1.11. The Kier molecular flexibility index (Phi) is 7.61. The van der Waals surface area contributed by atoms with Gasteiger partial charge in [0.2, 0.25) is 0 Å². The van der Waals surface area contributed by atoms with Crippen LogP contribution in [0.2, 0.25) is 0 Å². The average molecular weight is 206 g/mol. The van der Waals surface area contributed by atoms with Gasteiger partial charge in [0.05, 0.1) is 0 Å². The summed E-state index contributed by atoms with van der Waals surface area (Å²) in [7, 11) is 0. The summed E-state index contributed by atoms with van der Waals surface area (Å²) >= 11 is 0. The van der Waals surface area contributed by atoms with Gasteiger partial charge in [-0.1, -0.05) is 36.8 Å². The minimum Gasteiger partial charge on any atom is -0.298 e. The van der Waals surface area contributed by atoms with Gasteiger partial charge in [0, 0.05) is 0 Å². The third-order valence-electron chi connectivity index (χ3n) is 2.47. The molecule has 0 rings (SSSR count). The van der Waals surface area contributed by atoms with Crippen molar-refractivity contribution in [3.05, 3.63) is 35.5 Å². The van der Waals surface area contributed by atoms with E-state index in [-0.39, 0.29) is 0 Å². The molecular weight excluding hydrogens is 184 g/mol. The number of hydrogen-bond acceptors (Lipinski definition) is 1. The van der Waals surface area contributed by atoms with Gasteiger partial charge in [-0.25, -0.2) is 0 Å². The van der Waals surface area contributed by atoms with Gasteiger partial charge in [0.15, 0.2) is 0 Å². The number of hydrogen-bond donors (Lipinski definition) is 0. The lowest BCUT2D eigenvalue weighted by Crippen LogP contribution is -1.82. The van der Waals surface area contributed by atoms with Crippen molar-refractivity contribution in [1.29, 1.82) is 0 Å². The lowest BCUT2D eigenvalue weighted by atomic mass is 10.1. The molecule has 1 heteroatoms. The molecule has 84 valence electrons. The van der Waals surface area contributed by atoms with E-state index in [2.05, 4.69) is 39.5 Å². The molecule has 0 aromatic carbocycles. The van der Waals surface area contributed by atoms with Crippen molar-refractivity contribution < 1.29 is 4.79 Å². The molecule has 0 radical (unpaired) electrons. The first-order chi connectivity index (χ1) is 7.10. The molecule has 0 saturated heterocycles. The standard InChI is InChI=1S/C14H22O/c1-5-12(2)7-6-8-13(3)9-10-14(4)11-15/h7,9,11H,4-6,8,10H2,1-3H3. The van der Waals surface area contributed by atoms with E-state index < -0.39 is 0 Å². The van der Waals surface area contributed by atoms with Crippen LogP contribution in [0.5, 0.6) is 0 Å². The van der Waals surface area contributed by atoms with Crippen molar-refractivity contribution in [1.82, 2.24) is 0 Å². The van der Waals surface area contributed by atoms with E-state index in [1.165, 1.54) is 11.1 Å². The summed E-state index contributed by atoms with van der Waals surface area (Å²) in [5.74, 6) is 0. The van der Waals surface area contributed by atoms with Gasteiger partial charge in [-0.05, 0) is 45.1 Å². The largest absolute Gasteiger partial charge is 0.298 e. The van der Waals surface area contributed by atoms with E-state index in [0.717, 1.165) is 25.5 Å². The Labute approximate surface area is 93.6 Å². The Bertz CT molecular complexity index is 269. The monoisotopic (exact) mass is 206 g/mol. The number of aldehydes is 1. The van der Waals surface area contributed by atoms with E-state index in [1.807, 2.05) is 0 Å². The summed E-state index contributed by atoms with van der Waals surface area (Å²) in [6.45, 7) is 10.1. The van der Waals surface area contributed by atoms with Crippen LogP contribution in [0.25, 0.3) is 0 Å². The van der Waals surface area contributed by atoms with Crippen molar-refractivity contribution >= 4 is 6.29 Å². The molecule has 0 N–H and O–H groups in total. The predicted octanol–water partition coefficient (Wildman–Crippen LogP) is 4.21. The second-order valence-corrected chi connectivity index (χ2v) is 3.97. The summed E-state index contributed by atoms with van der Waals surface area (Å²) in [5.41, 5.74) is 3.42. The fraction of sp³-hybridized carbons (Fsp3) is 0.500. The molecule has 15 heavy (non-hydrogen) atoms. The van der Waals surface area contributed by atoms with Gasteiger partial charge in [-0.3, -0.25) is 4.79 Å². The molecule has 0 aliphatic carbocycles. The Morgan fingerprint density at radius 2 is 1.87 bits per heavy atom. The first-order valence-electron chi connectivity index (χ1n) is 5.54. The number of allylic oxidation sites excluding steroid dienone is 5. The summed E-state index contributed by atoms with van der Waals surface area (Å²) in [6, 6.07) is 0. The first-order valence-corrected chi connectivity index (χ1v) is 5.54. The highest BCUT2D eigenvalue weighted by molar-refractivity contribution is 5.72. The van der Waals surface area contributed by atoms with E-state index in [9.17, 15) is 4.79 Å². The zero-order valence-electron chi connectivity index (χ0n) is 10.2. The van der Waals surface area contributed by atoms with Crippen molar-refractivity contribution in [3.8, 4) is 0 Å². The Morgan fingerprint density at radius 3 is 2.40 bits per heavy atom. The minimum atomic E-state index is 0.648. The van der Waals surface area contributed by atoms with Gasteiger partial charge in [0.1, 0.15) is 6.29 Å². The molecule has 0 saturated carbocycles. The molecule has 0 atom stereocenters. The second-order valence-electron chi connectivity index (χ2n) is 3.97. The molecular formula is C14H22O. The highest BCUT2D eigenvalue weighted by Gasteiger charge is 1.91. The zero-order chi connectivity index (χ0) is 11.7. The summed E-state index contributed by atoms with van der Waals surface area (Å²) in [5, 5.41) is 0. The maximum atomic E-state index is 10.3. The predicted molar refractivity (Wildman–Crippen MR) is 66.9 cm³/mol. The highest BCUT2D eigenvalue weighted by Crippen LogP contribution is 2.10. The minimum absolute atomic E-state index is 0.648. The molecule has 0 heterocycles. The molecule has 0 fully saturated rings. The first kappa shape index (κ1) is 13.9. The maximum Gasteiger partial charge on any atom is 0.145 e. The third kappa shape index (κ3) is 7.92. The lowest BCUT2D eigenvalue weighted by molar-refractivity contribution is -0.104. The van der Waals surface area contributed by atoms with Crippen molar-refractivity contribution in [2.45, 2.75) is 46.5 Å². The number of carbonyl (C=O) groups excluding carboxylic acids is 1. The van der Waals surface area contributed by atoms with Crippen LogP contribution in [-0.2, 0) is 4.79 Å². The van der Waals surface area contributed by atoms with Crippen LogP contribution in [0.4, 0.5) is 0 Å². The maximum absolute atomic E-state index is 10.3. The van der Waals surface area contributed by atoms with Crippen LogP contribution in [0.3, 0.4) is 0 Å². The molecule has 0 aliphatic rings. The topological polar surface area (TPSA) is 17.1 Å². The summed E-state index contributed by atoms with van der Waals surface area (Å²) in [6.07, 6.45) is 9.18. The Morgan fingerprint density at radius 1 is 1.20 bits per heavy atom. The summed E-state index contributed by atoms with van der Waals surface area (Å²) in [4.78, 5) is 10.3. The Balaban J connectivity index is 3.87. The van der Waals surface area contributed by atoms with Crippen LogP contribution in [0, 0.1) is 0 Å².